The van der Waals surface area contributed by atoms with Crippen molar-refractivity contribution in [2.75, 3.05) is 5.32 Å². The Kier molecular flexibility index (Phi) is 4.90. The Hall–Kier alpha value is -3.08. The Bertz CT molecular complexity index is 1160. The molecule has 0 bridgehead atoms. The predicted molar refractivity (Wildman–Crippen MR) is 116 cm³/mol. The van der Waals surface area contributed by atoms with Gasteiger partial charge in [-0.2, -0.15) is 0 Å². The molecule has 5 heteroatoms. The maximum atomic E-state index is 10.7. The van der Waals surface area contributed by atoms with Crippen LogP contribution in [0.5, 0.6) is 5.75 Å². The number of halogens is 1. The third-order valence-electron chi connectivity index (χ3n) is 4.76. The summed E-state index contributed by atoms with van der Waals surface area (Å²) >= 11 is 6.09. The van der Waals surface area contributed by atoms with Gasteiger partial charge in [0.25, 0.3) is 0 Å². The number of hydrogen-bond donors (Lipinski definition) is 3. The Labute approximate surface area is 168 Å². The monoisotopic (exact) mass is 389 g/mol. The fraction of sp³-hybridized carbons (Fsp3) is 0.0870. The first-order valence-corrected chi connectivity index (χ1v) is 9.37. The van der Waals surface area contributed by atoms with Gasteiger partial charge in [0.2, 0.25) is 0 Å². The molecule has 0 aliphatic heterocycles. The van der Waals surface area contributed by atoms with E-state index in [1.807, 2.05) is 67.6 Å². The van der Waals surface area contributed by atoms with Crippen molar-refractivity contribution in [2.45, 2.75) is 13.5 Å². The third-order valence-corrected chi connectivity index (χ3v) is 4.99. The van der Waals surface area contributed by atoms with E-state index in [-0.39, 0.29) is 12.3 Å². The average Bonchev–Trinajstić information content (AvgIpc) is 2.70. The number of nitrogens with two attached hydrogens (primary N) is 1. The van der Waals surface area contributed by atoms with Crippen molar-refractivity contribution in [2.24, 2.45) is 5.73 Å². The van der Waals surface area contributed by atoms with Gasteiger partial charge in [-0.1, -0.05) is 41.4 Å². The minimum atomic E-state index is 0.211. The van der Waals surface area contributed by atoms with Gasteiger partial charge in [0.05, 0.1) is 5.52 Å². The van der Waals surface area contributed by atoms with Gasteiger partial charge in [-0.3, -0.25) is 4.98 Å². The van der Waals surface area contributed by atoms with Crippen molar-refractivity contribution in [3.8, 4) is 16.9 Å². The maximum Gasteiger partial charge on any atom is 0.128 e. The second-order valence-corrected chi connectivity index (χ2v) is 7.18. The highest BCUT2D eigenvalue weighted by atomic mass is 35.5. The van der Waals surface area contributed by atoms with Gasteiger partial charge in [0.15, 0.2) is 0 Å². The quantitative estimate of drug-likeness (QED) is 0.387. The molecule has 0 spiro atoms. The molecule has 0 amide bonds. The molecule has 0 aliphatic rings. The molecular formula is C23H20ClN3O. The normalized spacial score (nSPS) is 11.0. The van der Waals surface area contributed by atoms with Crippen molar-refractivity contribution >= 4 is 33.9 Å². The largest absolute Gasteiger partial charge is 0.507 e. The number of phenols is 1. The Balaban J connectivity index is 1.80. The fourth-order valence-corrected chi connectivity index (χ4v) is 3.43. The minimum Gasteiger partial charge on any atom is -0.507 e. The van der Waals surface area contributed by atoms with Crippen LogP contribution in [0.25, 0.3) is 22.0 Å². The molecule has 1 heterocycles. The lowest BCUT2D eigenvalue weighted by atomic mass is 9.99. The SMILES string of the molecule is Cc1ccc(-c2cc(Nc3ccnc4cc(Cl)ccc34)cc(CN)c2O)cc1. The zero-order chi connectivity index (χ0) is 19.7. The van der Waals surface area contributed by atoms with Gasteiger partial charge in [-0.05, 0) is 48.9 Å². The van der Waals surface area contributed by atoms with E-state index in [9.17, 15) is 5.11 Å². The van der Waals surface area contributed by atoms with Crippen LogP contribution in [-0.4, -0.2) is 10.1 Å². The van der Waals surface area contributed by atoms with Crippen LogP contribution in [-0.2, 0) is 6.54 Å². The number of pyridine rings is 1. The molecule has 0 saturated heterocycles. The lowest BCUT2D eigenvalue weighted by molar-refractivity contribution is 0.470. The number of fused-ring (bicyclic) bond motifs is 1. The lowest BCUT2D eigenvalue weighted by Gasteiger charge is -2.15. The smallest absolute Gasteiger partial charge is 0.128 e. The number of anilines is 2. The van der Waals surface area contributed by atoms with Crippen molar-refractivity contribution < 1.29 is 5.11 Å². The summed E-state index contributed by atoms with van der Waals surface area (Å²) in [5, 5.41) is 15.7. The predicted octanol–water partition coefficient (Wildman–Crippen LogP) is 5.77. The highest BCUT2D eigenvalue weighted by Crippen LogP contribution is 2.37. The van der Waals surface area contributed by atoms with Crippen molar-refractivity contribution in [3.05, 3.63) is 83.0 Å². The second-order valence-electron chi connectivity index (χ2n) is 6.75. The number of aromatic hydroxyl groups is 1. The molecule has 140 valence electrons. The molecule has 4 rings (SSSR count). The fourth-order valence-electron chi connectivity index (χ4n) is 3.26. The lowest BCUT2D eigenvalue weighted by Crippen LogP contribution is -2.00. The standard InChI is InChI=1S/C23H20ClN3O/c1-14-2-4-15(5-3-14)20-12-18(10-16(13-25)23(20)28)27-21-8-9-26-22-11-17(24)6-7-19(21)22/h2-12,28H,13,25H2,1H3,(H,26,27). The number of phenolic OH excluding ortho intramolecular Hbond substituents is 1. The molecule has 0 fully saturated rings. The average molecular weight is 390 g/mol. The Morgan fingerprint density at radius 2 is 1.82 bits per heavy atom. The molecule has 0 aliphatic carbocycles. The first kappa shape index (κ1) is 18.3. The first-order chi connectivity index (χ1) is 13.5. The molecule has 0 atom stereocenters. The summed E-state index contributed by atoms with van der Waals surface area (Å²) in [5.74, 6) is 0.211. The van der Waals surface area contributed by atoms with Crippen molar-refractivity contribution in [1.29, 1.82) is 0 Å². The maximum absolute atomic E-state index is 10.7. The first-order valence-electron chi connectivity index (χ1n) is 8.99. The summed E-state index contributed by atoms with van der Waals surface area (Å²) in [6, 6.07) is 19.4. The molecule has 0 unspecified atom stereocenters. The van der Waals surface area contributed by atoms with Crippen LogP contribution >= 0.6 is 11.6 Å². The summed E-state index contributed by atoms with van der Waals surface area (Å²) in [4.78, 5) is 4.38. The van der Waals surface area contributed by atoms with E-state index in [0.717, 1.165) is 33.4 Å². The van der Waals surface area contributed by atoms with Gasteiger partial charge in [-0.25, -0.2) is 0 Å². The molecule has 28 heavy (non-hydrogen) atoms. The molecular weight excluding hydrogens is 370 g/mol. The molecule has 4 N–H and O–H groups in total. The van der Waals surface area contributed by atoms with Gasteiger partial charge >= 0.3 is 0 Å². The van der Waals surface area contributed by atoms with Crippen LogP contribution in [0.15, 0.2) is 66.9 Å². The summed E-state index contributed by atoms with van der Waals surface area (Å²) in [7, 11) is 0. The van der Waals surface area contributed by atoms with Crippen LogP contribution in [0.3, 0.4) is 0 Å². The number of aromatic nitrogens is 1. The van der Waals surface area contributed by atoms with Crippen LogP contribution in [0.1, 0.15) is 11.1 Å². The molecule has 1 aromatic heterocycles. The number of nitrogens with zero attached hydrogens (tertiary/aromatic N) is 1. The summed E-state index contributed by atoms with van der Waals surface area (Å²) in [6.07, 6.45) is 1.74. The van der Waals surface area contributed by atoms with Gasteiger partial charge in [0, 0.05) is 45.7 Å². The van der Waals surface area contributed by atoms with E-state index in [2.05, 4.69) is 10.3 Å². The number of hydrogen-bond acceptors (Lipinski definition) is 4. The second kappa shape index (κ2) is 7.50. The van der Waals surface area contributed by atoms with Crippen molar-refractivity contribution in [1.82, 2.24) is 4.98 Å². The number of rotatable bonds is 4. The Morgan fingerprint density at radius 1 is 1.04 bits per heavy atom. The molecule has 3 aromatic carbocycles. The highest BCUT2D eigenvalue weighted by molar-refractivity contribution is 6.31. The van der Waals surface area contributed by atoms with E-state index >= 15 is 0 Å². The van der Waals surface area contributed by atoms with Crippen molar-refractivity contribution in [3.63, 3.8) is 0 Å². The minimum absolute atomic E-state index is 0.211. The number of aryl methyl sites for hydroxylation is 1. The van der Waals surface area contributed by atoms with Crippen LogP contribution in [0, 0.1) is 6.92 Å². The van der Waals surface area contributed by atoms with E-state index in [1.165, 1.54) is 5.56 Å². The van der Waals surface area contributed by atoms with E-state index in [1.54, 1.807) is 6.20 Å². The number of nitrogens with one attached hydrogen (secondary N) is 1. The zero-order valence-corrected chi connectivity index (χ0v) is 16.2. The van der Waals surface area contributed by atoms with E-state index < -0.39 is 0 Å². The van der Waals surface area contributed by atoms with Gasteiger partial charge in [-0.15, -0.1) is 0 Å². The number of benzene rings is 3. The van der Waals surface area contributed by atoms with E-state index in [4.69, 9.17) is 17.3 Å². The molecule has 4 aromatic rings. The third kappa shape index (κ3) is 3.52. The van der Waals surface area contributed by atoms with Crippen LogP contribution < -0.4 is 11.1 Å². The van der Waals surface area contributed by atoms with E-state index in [0.29, 0.717) is 10.6 Å². The molecule has 0 radical (unpaired) electrons. The summed E-state index contributed by atoms with van der Waals surface area (Å²) in [6.45, 7) is 2.28. The van der Waals surface area contributed by atoms with Crippen LogP contribution in [0.4, 0.5) is 11.4 Å². The topological polar surface area (TPSA) is 71.2 Å². The summed E-state index contributed by atoms with van der Waals surface area (Å²) < 4.78 is 0. The molecule has 4 nitrogen and oxygen atoms in total. The Morgan fingerprint density at radius 3 is 2.57 bits per heavy atom. The van der Waals surface area contributed by atoms with Crippen LogP contribution in [0.2, 0.25) is 5.02 Å². The van der Waals surface area contributed by atoms with Gasteiger partial charge in [0.1, 0.15) is 5.75 Å². The summed E-state index contributed by atoms with van der Waals surface area (Å²) in [5.41, 5.74) is 12.0. The highest BCUT2D eigenvalue weighted by Gasteiger charge is 2.12. The zero-order valence-electron chi connectivity index (χ0n) is 15.4. The van der Waals surface area contributed by atoms with Gasteiger partial charge < -0.3 is 16.2 Å². The molecule has 0 saturated carbocycles.